The van der Waals surface area contributed by atoms with Gasteiger partial charge >= 0.3 is 0 Å². The summed E-state index contributed by atoms with van der Waals surface area (Å²) in [4.78, 5) is 34.0. The predicted molar refractivity (Wildman–Crippen MR) is 175 cm³/mol. The minimum Gasteiger partial charge on any atom is -0.366 e. The molecule has 0 spiro atoms. The number of hydrogen-bond acceptors (Lipinski definition) is 4. The van der Waals surface area contributed by atoms with Crippen molar-refractivity contribution in [3.8, 4) is 0 Å². The van der Waals surface area contributed by atoms with E-state index < -0.39 is 8.15 Å². The molecule has 1 atom stereocenters. The summed E-state index contributed by atoms with van der Waals surface area (Å²) < 4.78 is 0.592. The molecule has 1 aromatic carbocycles. The Balaban J connectivity index is 1.88. The fourth-order valence-corrected chi connectivity index (χ4v) is 6.42. The van der Waals surface area contributed by atoms with Crippen molar-refractivity contribution in [2.75, 3.05) is 38.9 Å². The molecular formula is C34H62N2O4P+. The maximum atomic E-state index is 12.0. The average Bonchev–Trinajstić information content (AvgIpc) is 2.94. The first-order valence-electron chi connectivity index (χ1n) is 16.5. The summed E-state index contributed by atoms with van der Waals surface area (Å²) in [5.41, 5.74) is 1.86. The lowest BCUT2D eigenvalue weighted by Gasteiger charge is -2.23. The van der Waals surface area contributed by atoms with E-state index in [2.05, 4.69) is 0 Å². The van der Waals surface area contributed by atoms with Crippen LogP contribution in [0.3, 0.4) is 0 Å². The fourth-order valence-electron chi connectivity index (χ4n) is 5.06. The normalized spacial score (nSPS) is 12.4. The van der Waals surface area contributed by atoms with Gasteiger partial charge in [0.05, 0.1) is 26.8 Å². The van der Waals surface area contributed by atoms with E-state index in [0.717, 1.165) is 37.2 Å². The standard InChI is InChI=1S/C34H62N2O4P/c1-5-6-24-33(37)35(39)32-27-25-31(26-28-32)23-21-19-17-15-13-11-9-7-8-10-12-14-16-18-20-22-29-41(40)34(38)30-36(2,3)4/h25-28,39-40H,5-24,29-30H2,1-4H3/q+1. The molecular weight excluding hydrogens is 531 g/mol. The number of amides is 1. The summed E-state index contributed by atoms with van der Waals surface area (Å²) in [5, 5.41) is 10.8. The van der Waals surface area contributed by atoms with Gasteiger partial charge in [0, 0.05) is 6.42 Å². The molecule has 0 radical (unpaired) electrons. The van der Waals surface area contributed by atoms with Crippen LogP contribution in [0, 0.1) is 0 Å². The summed E-state index contributed by atoms with van der Waals surface area (Å²) in [7, 11) is 4.53. The van der Waals surface area contributed by atoms with Gasteiger partial charge in [-0.2, -0.15) is 5.06 Å². The number of nitrogens with zero attached hydrogens (tertiary/aromatic N) is 2. The Morgan fingerprint density at radius 3 is 1.59 bits per heavy atom. The Morgan fingerprint density at radius 2 is 1.15 bits per heavy atom. The number of hydrogen-bond donors (Lipinski definition) is 2. The second-order valence-corrected chi connectivity index (χ2v) is 14.6. The van der Waals surface area contributed by atoms with Crippen molar-refractivity contribution in [3.05, 3.63) is 29.8 Å². The van der Waals surface area contributed by atoms with Crippen molar-refractivity contribution in [2.45, 2.75) is 135 Å². The minimum absolute atomic E-state index is 0.0388. The molecule has 6 nitrogen and oxygen atoms in total. The SMILES string of the molecule is CCCCC(=O)N(O)c1ccc(CCCCCCCCCCCCCCCCCCP(O)C(=O)C[N+](C)(C)C)cc1. The number of aryl methyl sites for hydroxylation is 1. The Labute approximate surface area is 253 Å². The Bertz CT molecular complexity index is 810. The zero-order valence-corrected chi connectivity index (χ0v) is 27.8. The molecule has 1 rings (SSSR count). The molecule has 1 unspecified atom stereocenters. The zero-order chi connectivity index (χ0) is 30.3. The van der Waals surface area contributed by atoms with Crippen LogP contribution in [-0.2, 0) is 16.0 Å². The molecule has 0 aliphatic heterocycles. The monoisotopic (exact) mass is 593 g/mol. The molecule has 236 valence electrons. The van der Waals surface area contributed by atoms with E-state index in [1.54, 1.807) is 0 Å². The Morgan fingerprint density at radius 1 is 0.707 bits per heavy atom. The third-order valence-corrected chi connectivity index (χ3v) is 9.10. The summed E-state index contributed by atoms with van der Waals surface area (Å²) in [5.74, 6) is -0.237. The molecule has 0 fully saturated rings. The number of likely N-dealkylation sites (N-methyl/N-ethyl adjacent to an activating group) is 1. The highest BCUT2D eigenvalue weighted by Gasteiger charge is 2.21. The van der Waals surface area contributed by atoms with Gasteiger partial charge in [-0.15, -0.1) is 0 Å². The van der Waals surface area contributed by atoms with E-state index in [-0.39, 0.29) is 11.4 Å². The molecule has 0 aliphatic rings. The minimum atomic E-state index is -1.43. The second-order valence-electron chi connectivity index (χ2n) is 12.8. The van der Waals surface area contributed by atoms with Crippen LogP contribution >= 0.6 is 8.15 Å². The molecule has 0 heterocycles. The van der Waals surface area contributed by atoms with Crippen LogP contribution in [-0.4, -0.2) is 59.9 Å². The van der Waals surface area contributed by atoms with Gasteiger partial charge in [0.25, 0.3) is 5.91 Å². The molecule has 0 saturated heterocycles. The van der Waals surface area contributed by atoms with Crippen molar-refractivity contribution < 1.29 is 24.2 Å². The van der Waals surface area contributed by atoms with Gasteiger partial charge in [0.1, 0.15) is 14.7 Å². The van der Waals surface area contributed by atoms with Crippen LogP contribution in [0.1, 0.15) is 134 Å². The highest BCUT2D eigenvalue weighted by Crippen LogP contribution is 2.33. The fraction of sp³-hybridized carbons (Fsp3) is 0.765. The number of anilines is 1. The molecule has 2 N–H and O–H groups in total. The van der Waals surface area contributed by atoms with Crippen molar-refractivity contribution in [2.24, 2.45) is 0 Å². The van der Waals surface area contributed by atoms with Crippen molar-refractivity contribution >= 4 is 25.3 Å². The van der Waals surface area contributed by atoms with Crippen LogP contribution in [0.4, 0.5) is 5.69 Å². The largest absolute Gasteiger partial charge is 0.366 e. The van der Waals surface area contributed by atoms with Crippen LogP contribution < -0.4 is 5.06 Å². The Hall–Kier alpha value is -1.33. The van der Waals surface area contributed by atoms with E-state index in [9.17, 15) is 19.7 Å². The lowest BCUT2D eigenvalue weighted by molar-refractivity contribution is -0.861. The molecule has 1 aromatic rings. The average molecular weight is 594 g/mol. The van der Waals surface area contributed by atoms with Gasteiger partial charge in [-0.05, 0) is 49.5 Å². The van der Waals surface area contributed by atoms with Gasteiger partial charge in [0.15, 0.2) is 0 Å². The van der Waals surface area contributed by atoms with Gasteiger partial charge in [-0.1, -0.05) is 115 Å². The Kier molecular flexibility index (Phi) is 21.3. The van der Waals surface area contributed by atoms with Crippen LogP contribution in [0.2, 0.25) is 0 Å². The molecule has 0 bridgehead atoms. The van der Waals surface area contributed by atoms with Crippen LogP contribution in [0.25, 0.3) is 0 Å². The van der Waals surface area contributed by atoms with Gasteiger partial charge < -0.3 is 9.38 Å². The molecule has 41 heavy (non-hydrogen) atoms. The summed E-state index contributed by atoms with van der Waals surface area (Å²) in [6.07, 6.45) is 24.4. The van der Waals surface area contributed by atoms with Crippen LogP contribution in [0.5, 0.6) is 0 Å². The lowest BCUT2D eigenvalue weighted by atomic mass is 10.0. The van der Waals surface area contributed by atoms with E-state index in [1.165, 1.54) is 95.5 Å². The van der Waals surface area contributed by atoms with E-state index in [0.29, 0.717) is 29.3 Å². The van der Waals surface area contributed by atoms with Gasteiger partial charge in [-0.3, -0.25) is 14.8 Å². The first kappa shape index (κ1) is 37.7. The molecule has 1 amide bonds. The predicted octanol–water partition coefficient (Wildman–Crippen LogP) is 9.01. The topological polar surface area (TPSA) is 77.8 Å². The zero-order valence-electron chi connectivity index (χ0n) is 26.9. The van der Waals surface area contributed by atoms with Gasteiger partial charge in [-0.25, -0.2) is 0 Å². The first-order valence-corrected chi connectivity index (χ1v) is 18.0. The number of unbranched alkanes of at least 4 members (excludes halogenated alkanes) is 16. The quantitative estimate of drug-likeness (QED) is 0.0369. The van der Waals surface area contributed by atoms with E-state index >= 15 is 0 Å². The molecule has 0 saturated carbocycles. The maximum absolute atomic E-state index is 12.0. The molecule has 0 aliphatic carbocycles. The maximum Gasteiger partial charge on any atom is 0.250 e. The summed E-state index contributed by atoms with van der Waals surface area (Å²) in [6, 6.07) is 7.74. The number of benzene rings is 1. The smallest absolute Gasteiger partial charge is 0.250 e. The first-order chi connectivity index (χ1) is 19.6. The third kappa shape index (κ3) is 20.3. The second kappa shape index (κ2) is 23.2. The number of rotatable bonds is 26. The van der Waals surface area contributed by atoms with E-state index in [1.807, 2.05) is 52.3 Å². The summed E-state index contributed by atoms with van der Waals surface area (Å²) in [6.45, 7) is 2.47. The van der Waals surface area contributed by atoms with Gasteiger partial charge in [0.2, 0.25) is 5.52 Å². The third-order valence-electron chi connectivity index (χ3n) is 7.64. The van der Waals surface area contributed by atoms with Crippen molar-refractivity contribution in [1.29, 1.82) is 0 Å². The highest BCUT2D eigenvalue weighted by atomic mass is 31.1. The number of carbonyl (C=O) groups is 2. The van der Waals surface area contributed by atoms with Crippen molar-refractivity contribution in [1.82, 2.24) is 0 Å². The lowest BCUT2D eigenvalue weighted by Crippen LogP contribution is -2.39. The van der Waals surface area contributed by atoms with Crippen LogP contribution in [0.15, 0.2) is 24.3 Å². The number of hydroxylamine groups is 1. The number of quaternary nitrogens is 1. The summed E-state index contributed by atoms with van der Waals surface area (Å²) >= 11 is 0. The van der Waals surface area contributed by atoms with Crippen molar-refractivity contribution in [3.63, 3.8) is 0 Å². The molecule has 7 heteroatoms. The molecule has 0 aromatic heterocycles. The number of carbonyl (C=O) groups excluding carboxylic acids is 2. The van der Waals surface area contributed by atoms with E-state index in [4.69, 9.17) is 0 Å². The highest BCUT2D eigenvalue weighted by molar-refractivity contribution is 7.69.